The van der Waals surface area contributed by atoms with Crippen LogP contribution in [0.5, 0.6) is 0 Å². The number of nitrogens with one attached hydrogen (secondary N) is 2. The molecule has 0 spiro atoms. The van der Waals surface area contributed by atoms with Crippen LogP contribution in [0.4, 0.5) is 10.6 Å². The number of carbonyl (C=O) groups is 1. The van der Waals surface area contributed by atoms with Crippen LogP contribution in [-0.4, -0.2) is 26.0 Å². The summed E-state index contributed by atoms with van der Waals surface area (Å²) in [5.74, 6) is 2.74. The van der Waals surface area contributed by atoms with E-state index in [0.717, 1.165) is 12.1 Å². The first-order chi connectivity index (χ1) is 11.4. The van der Waals surface area contributed by atoms with Crippen molar-refractivity contribution in [2.75, 3.05) is 5.32 Å². The van der Waals surface area contributed by atoms with Gasteiger partial charge in [-0.3, -0.25) is 10.00 Å². The van der Waals surface area contributed by atoms with Crippen molar-refractivity contribution < 1.29 is 9.32 Å². The molecule has 1 atom stereocenters. The maximum absolute atomic E-state index is 12.2. The Bertz CT molecular complexity index is 716. The number of carbonyl (C=O) groups excluding carboxylic acids is 1. The lowest BCUT2D eigenvalue weighted by Gasteiger charge is -2.10. The van der Waals surface area contributed by atoms with Crippen LogP contribution in [0.25, 0.3) is 0 Å². The summed E-state index contributed by atoms with van der Waals surface area (Å²) in [6, 6.07) is 1.24. The van der Waals surface area contributed by atoms with Gasteiger partial charge in [0.05, 0.1) is 5.69 Å². The number of hydrogen-bond acceptors (Lipinski definition) is 5. The van der Waals surface area contributed by atoms with Gasteiger partial charge in [0.2, 0.25) is 5.89 Å². The van der Waals surface area contributed by atoms with Gasteiger partial charge in [0, 0.05) is 25.5 Å². The molecule has 24 heavy (non-hydrogen) atoms. The third kappa shape index (κ3) is 3.93. The molecule has 2 aromatic rings. The molecule has 1 aliphatic carbocycles. The van der Waals surface area contributed by atoms with E-state index in [2.05, 4.69) is 39.7 Å². The summed E-state index contributed by atoms with van der Waals surface area (Å²) in [5, 5.41) is 14.0. The zero-order valence-corrected chi connectivity index (χ0v) is 14.5. The van der Waals surface area contributed by atoms with Gasteiger partial charge < -0.3 is 9.84 Å². The van der Waals surface area contributed by atoms with Gasteiger partial charge >= 0.3 is 6.03 Å². The number of anilines is 1. The van der Waals surface area contributed by atoms with Gasteiger partial charge in [-0.15, -0.1) is 0 Å². The Morgan fingerprint density at radius 2 is 2.17 bits per heavy atom. The SMILES string of the molecule is CC(C)Cc1noc([C@H](C)NC(=O)Nc2cc(C3CC3)nn2C)n1. The predicted molar refractivity (Wildman–Crippen MR) is 88.6 cm³/mol. The molecule has 0 aromatic carbocycles. The van der Waals surface area contributed by atoms with Crippen molar-refractivity contribution in [3.63, 3.8) is 0 Å². The minimum absolute atomic E-state index is 0.323. The topological polar surface area (TPSA) is 97.9 Å². The molecule has 0 unspecified atom stereocenters. The maximum Gasteiger partial charge on any atom is 0.321 e. The first-order valence-electron chi connectivity index (χ1n) is 8.36. The fourth-order valence-corrected chi connectivity index (χ4v) is 2.49. The van der Waals surface area contributed by atoms with Gasteiger partial charge in [0.25, 0.3) is 0 Å². The van der Waals surface area contributed by atoms with Crippen LogP contribution in [0.2, 0.25) is 0 Å². The van der Waals surface area contributed by atoms with E-state index < -0.39 is 0 Å². The smallest absolute Gasteiger partial charge is 0.321 e. The van der Waals surface area contributed by atoms with Crippen molar-refractivity contribution in [2.45, 2.75) is 52.0 Å². The lowest BCUT2D eigenvalue weighted by Crippen LogP contribution is -2.32. The number of amides is 2. The van der Waals surface area contributed by atoms with Crippen molar-refractivity contribution in [3.8, 4) is 0 Å². The summed E-state index contributed by atoms with van der Waals surface area (Å²) >= 11 is 0. The highest BCUT2D eigenvalue weighted by Crippen LogP contribution is 2.39. The summed E-state index contributed by atoms with van der Waals surface area (Å²) in [6.07, 6.45) is 3.10. The highest BCUT2D eigenvalue weighted by molar-refractivity contribution is 5.88. The Labute approximate surface area is 141 Å². The van der Waals surface area contributed by atoms with Crippen LogP contribution in [-0.2, 0) is 13.5 Å². The summed E-state index contributed by atoms with van der Waals surface area (Å²) in [6.45, 7) is 6.00. The standard InChI is InChI=1S/C16H24N6O2/c1-9(2)7-13-18-15(24-21-13)10(3)17-16(23)19-14-8-12(11-5-6-11)20-22(14)4/h8-11H,5-7H2,1-4H3,(H2,17,19,23)/t10-/m0/s1. The normalized spacial score (nSPS) is 15.5. The molecule has 8 nitrogen and oxygen atoms in total. The van der Waals surface area contributed by atoms with Crippen LogP contribution in [0.3, 0.4) is 0 Å². The van der Waals surface area contributed by atoms with Crippen molar-refractivity contribution in [1.29, 1.82) is 0 Å². The third-order valence-corrected chi connectivity index (χ3v) is 3.93. The van der Waals surface area contributed by atoms with E-state index >= 15 is 0 Å². The third-order valence-electron chi connectivity index (χ3n) is 3.93. The van der Waals surface area contributed by atoms with Gasteiger partial charge in [-0.2, -0.15) is 10.1 Å². The van der Waals surface area contributed by atoms with E-state index in [0.29, 0.717) is 29.4 Å². The zero-order valence-electron chi connectivity index (χ0n) is 14.5. The molecule has 3 rings (SSSR count). The monoisotopic (exact) mass is 332 g/mol. The van der Waals surface area contributed by atoms with Crippen molar-refractivity contribution >= 4 is 11.8 Å². The summed E-state index contributed by atoms with van der Waals surface area (Å²) in [4.78, 5) is 16.5. The van der Waals surface area contributed by atoms with Crippen LogP contribution in [0.1, 0.15) is 63.0 Å². The van der Waals surface area contributed by atoms with Crippen LogP contribution < -0.4 is 10.6 Å². The molecular formula is C16H24N6O2. The molecule has 0 aliphatic heterocycles. The Morgan fingerprint density at radius 3 is 2.83 bits per heavy atom. The average molecular weight is 332 g/mol. The summed E-state index contributed by atoms with van der Waals surface area (Å²) in [5.41, 5.74) is 1.04. The van der Waals surface area contributed by atoms with Crippen LogP contribution in [0, 0.1) is 5.92 Å². The van der Waals surface area contributed by atoms with Crippen LogP contribution >= 0.6 is 0 Å². The van der Waals surface area contributed by atoms with E-state index in [9.17, 15) is 4.79 Å². The first kappa shape index (κ1) is 16.5. The fraction of sp³-hybridized carbons (Fsp3) is 0.625. The molecule has 2 amide bonds. The van der Waals surface area contributed by atoms with Crippen LogP contribution in [0.15, 0.2) is 10.6 Å². The first-order valence-corrected chi connectivity index (χ1v) is 8.36. The molecule has 0 radical (unpaired) electrons. The molecular weight excluding hydrogens is 308 g/mol. The van der Waals surface area contributed by atoms with E-state index in [1.807, 2.05) is 20.0 Å². The minimum Gasteiger partial charge on any atom is -0.337 e. The second-order valence-corrected chi connectivity index (χ2v) is 6.82. The molecule has 1 fully saturated rings. The van der Waals surface area contributed by atoms with E-state index in [4.69, 9.17) is 4.52 Å². The largest absolute Gasteiger partial charge is 0.337 e. The fourth-order valence-electron chi connectivity index (χ4n) is 2.49. The van der Waals surface area contributed by atoms with Gasteiger partial charge in [-0.05, 0) is 25.7 Å². The maximum atomic E-state index is 12.2. The second-order valence-electron chi connectivity index (χ2n) is 6.82. The van der Waals surface area contributed by atoms with Gasteiger partial charge in [0.1, 0.15) is 11.9 Å². The van der Waals surface area contributed by atoms with Gasteiger partial charge in [-0.25, -0.2) is 4.79 Å². The molecule has 2 aromatic heterocycles. The van der Waals surface area contributed by atoms with E-state index in [1.165, 1.54) is 12.8 Å². The van der Waals surface area contributed by atoms with E-state index in [-0.39, 0.29) is 12.1 Å². The lowest BCUT2D eigenvalue weighted by molar-refractivity contribution is 0.245. The van der Waals surface area contributed by atoms with Crippen molar-refractivity contribution in [2.24, 2.45) is 13.0 Å². The molecule has 0 saturated heterocycles. The molecule has 2 heterocycles. The average Bonchev–Trinajstić information content (AvgIpc) is 3.14. The molecule has 1 saturated carbocycles. The predicted octanol–water partition coefficient (Wildman–Crippen LogP) is 2.76. The number of aromatic nitrogens is 4. The Morgan fingerprint density at radius 1 is 1.42 bits per heavy atom. The number of urea groups is 1. The van der Waals surface area contributed by atoms with Crippen molar-refractivity contribution in [1.82, 2.24) is 25.2 Å². The van der Waals surface area contributed by atoms with Gasteiger partial charge in [0.15, 0.2) is 5.82 Å². The Kier molecular flexibility index (Phi) is 4.55. The zero-order chi connectivity index (χ0) is 17.3. The minimum atomic E-state index is -0.366. The summed E-state index contributed by atoms with van der Waals surface area (Å²) in [7, 11) is 1.82. The number of nitrogens with zero attached hydrogens (tertiary/aromatic N) is 4. The number of hydrogen-bond donors (Lipinski definition) is 2. The van der Waals surface area contributed by atoms with E-state index in [1.54, 1.807) is 4.68 Å². The lowest BCUT2D eigenvalue weighted by atomic mass is 10.1. The molecule has 2 N–H and O–H groups in total. The molecule has 8 heteroatoms. The molecule has 130 valence electrons. The highest BCUT2D eigenvalue weighted by atomic mass is 16.5. The number of aryl methyl sites for hydroxylation is 1. The summed E-state index contributed by atoms with van der Waals surface area (Å²) < 4.78 is 6.91. The highest BCUT2D eigenvalue weighted by Gasteiger charge is 2.27. The number of rotatable bonds is 6. The van der Waals surface area contributed by atoms with Crippen molar-refractivity contribution in [3.05, 3.63) is 23.5 Å². The molecule has 0 bridgehead atoms. The molecule has 1 aliphatic rings. The Balaban J connectivity index is 1.56. The second kappa shape index (κ2) is 6.62. The Hall–Kier alpha value is -2.38. The van der Waals surface area contributed by atoms with Gasteiger partial charge in [-0.1, -0.05) is 19.0 Å². The quantitative estimate of drug-likeness (QED) is 0.847.